The molecule has 5 nitrogen and oxygen atoms in total. The molecule has 1 heterocycles. The standard InChI is InChI=1S/C15H17FN2O3S2/c1-11-7-9-22-14(11)10-17-15(19)6-8-18-23(20,21)13-4-2-12(16)3-5-13/h2-5,7,9,18H,6,8,10H2,1H3,(H,17,19). The van der Waals surface area contributed by atoms with E-state index in [2.05, 4.69) is 10.0 Å². The van der Waals surface area contributed by atoms with Crippen LogP contribution < -0.4 is 10.0 Å². The minimum absolute atomic E-state index is 0.0189. The normalized spacial score (nSPS) is 11.4. The van der Waals surface area contributed by atoms with Crippen molar-refractivity contribution in [3.8, 4) is 0 Å². The van der Waals surface area contributed by atoms with Crippen molar-refractivity contribution in [3.05, 3.63) is 52.0 Å². The average Bonchev–Trinajstić information content (AvgIpc) is 2.91. The zero-order valence-corrected chi connectivity index (χ0v) is 14.1. The van der Waals surface area contributed by atoms with Crippen LogP contribution in [0.4, 0.5) is 4.39 Å². The van der Waals surface area contributed by atoms with Gasteiger partial charge in [0.15, 0.2) is 0 Å². The lowest BCUT2D eigenvalue weighted by Crippen LogP contribution is -2.30. The number of hydrogen-bond acceptors (Lipinski definition) is 4. The van der Waals surface area contributed by atoms with E-state index in [1.165, 1.54) is 12.1 Å². The van der Waals surface area contributed by atoms with Crippen LogP contribution in [0, 0.1) is 12.7 Å². The minimum atomic E-state index is -3.73. The Labute approximate surface area is 138 Å². The van der Waals surface area contributed by atoms with E-state index in [0.29, 0.717) is 6.54 Å². The Balaban J connectivity index is 1.78. The molecule has 2 aromatic rings. The first-order chi connectivity index (χ1) is 10.9. The third-order valence-corrected chi connectivity index (χ3v) is 5.68. The molecule has 23 heavy (non-hydrogen) atoms. The van der Waals surface area contributed by atoms with Crippen LogP contribution >= 0.6 is 11.3 Å². The summed E-state index contributed by atoms with van der Waals surface area (Å²) in [5.74, 6) is -0.744. The summed E-state index contributed by atoms with van der Waals surface area (Å²) in [6.07, 6.45) is 0.0326. The van der Waals surface area contributed by atoms with Crippen molar-refractivity contribution >= 4 is 27.3 Å². The summed E-state index contributed by atoms with van der Waals surface area (Å²) in [5.41, 5.74) is 1.12. The summed E-state index contributed by atoms with van der Waals surface area (Å²) in [4.78, 5) is 12.8. The third-order valence-electron chi connectivity index (χ3n) is 3.18. The molecule has 1 aromatic heterocycles. The first-order valence-corrected chi connectivity index (χ1v) is 9.29. The molecule has 0 radical (unpaired) electrons. The SMILES string of the molecule is Cc1ccsc1CNC(=O)CCNS(=O)(=O)c1ccc(F)cc1. The number of benzene rings is 1. The number of aryl methyl sites for hydroxylation is 1. The van der Waals surface area contributed by atoms with Gasteiger partial charge in [0.05, 0.1) is 11.4 Å². The van der Waals surface area contributed by atoms with Gasteiger partial charge in [0.1, 0.15) is 5.82 Å². The first kappa shape index (κ1) is 17.6. The minimum Gasteiger partial charge on any atom is -0.351 e. The second-order valence-corrected chi connectivity index (χ2v) is 7.67. The van der Waals surface area contributed by atoms with Gasteiger partial charge in [0.2, 0.25) is 15.9 Å². The number of rotatable bonds is 7. The number of hydrogen-bond donors (Lipinski definition) is 2. The summed E-state index contributed by atoms with van der Waals surface area (Å²) in [6.45, 7) is 2.39. The monoisotopic (exact) mass is 356 g/mol. The predicted octanol–water partition coefficient (Wildman–Crippen LogP) is 2.18. The van der Waals surface area contributed by atoms with E-state index < -0.39 is 15.8 Å². The lowest BCUT2D eigenvalue weighted by molar-refractivity contribution is -0.121. The maximum absolute atomic E-state index is 12.8. The van der Waals surface area contributed by atoms with Crippen LogP contribution in [0.1, 0.15) is 16.9 Å². The van der Waals surface area contributed by atoms with Gasteiger partial charge in [-0.05, 0) is 48.2 Å². The molecule has 0 aliphatic heterocycles. The predicted molar refractivity (Wildman–Crippen MR) is 87.1 cm³/mol. The van der Waals surface area contributed by atoms with Gasteiger partial charge in [-0.15, -0.1) is 11.3 Å². The van der Waals surface area contributed by atoms with Crippen LogP contribution in [0.3, 0.4) is 0 Å². The summed E-state index contributed by atoms with van der Waals surface area (Å²) < 4.78 is 39.0. The molecular formula is C15H17FN2O3S2. The van der Waals surface area contributed by atoms with E-state index in [1.54, 1.807) is 11.3 Å². The molecule has 1 aromatic carbocycles. The quantitative estimate of drug-likeness (QED) is 0.798. The van der Waals surface area contributed by atoms with Gasteiger partial charge in [0, 0.05) is 17.8 Å². The van der Waals surface area contributed by atoms with Crippen molar-refractivity contribution in [2.45, 2.75) is 24.8 Å². The highest BCUT2D eigenvalue weighted by Gasteiger charge is 2.14. The van der Waals surface area contributed by atoms with Crippen LogP contribution in [-0.4, -0.2) is 20.9 Å². The van der Waals surface area contributed by atoms with E-state index in [4.69, 9.17) is 0 Å². The number of carbonyl (C=O) groups is 1. The Morgan fingerprint density at radius 2 is 1.91 bits per heavy atom. The van der Waals surface area contributed by atoms with Crippen LogP contribution in [0.15, 0.2) is 40.6 Å². The van der Waals surface area contributed by atoms with E-state index in [0.717, 1.165) is 22.6 Å². The molecule has 0 unspecified atom stereocenters. The third kappa shape index (κ3) is 5.12. The number of amides is 1. The fraction of sp³-hybridized carbons (Fsp3) is 0.267. The highest BCUT2D eigenvalue weighted by molar-refractivity contribution is 7.89. The number of thiophene rings is 1. The van der Waals surface area contributed by atoms with Gasteiger partial charge < -0.3 is 5.32 Å². The van der Waals surface area contributed by atoms with Crippen molar-refractivity contribution in [1.29, 1.82) is 0 Å². The Bertz CT molecular complexity index is 770. The van der Waals surface area contributed by atoms with Crippen molar-refractivity contribution in [3.63, 3.8) is 0 Å². The van der Waals surface area contributed by atoms with E-state index >= 15 is 0 Å². The highest BCUT2D eigenvalue weighted by atomic mass is 32.2. The van der Waals surface area contributed by atoms with Gasteiger partial charge in [-0.25, -0.2) is 17.5 Å². The molecule has 0 aliphatic rings. The fourth-order valence-electron chi connectivity index (χ4n) is 1.85. The van der Waals surface area contributed by atoms with Crippen molar-refractivity contribution in [2.24, 2.45) is 0 Å². The van der Waals surface area contributed by atoms with E-state index in [9.17, 15) is 17.6 Å². The lowest BCUT2D eigenvalue weighted by Gasteiger charge is -2.07. The Kier molecular flexibility index (Phi) is 5.86. The lowest BCUT2D eigenvalue weighted by atomic mass is 10.3. The largest absolute Gasteiger partial charge is 0.351 e. The molecule has 0 bridgehead atoms. The molecule has 0 fully saturated rings. The van der Waals surface area contributed by atoms with Crippen molar-refractivity contribution in [2.75, 3.05) is 6.54 Å². The second kappa shape index (κ2) is 7.67. The Morgan fingerprint density at radius 3 is 2.52 bits per heavy atom. The Hall–Kier alpha value is -1.77. The van der Waals surface area contributed by atoms with Crippen LogP contribution in [0.2, 0.25) is 0 Å². The molecule has 8 heteroatoms. The topological polar surface area (TPSA) is 75.3 Å². The fourth-order valence-corrected chi connectivity index (χ4v) is 3.73. The van der Waals surface area contributed by atoms with Crippen LogP contribution in [-0.2, 0) is 21.4 Å². The number of carbonyl (C=O) groups excluding carboxylic acids is 1. The molecule has 0 spiro atoms. The second-order valence-electron chi connectivity index (χ2n) is 4.91. The first-order valence-electron chi connectivity index (χ1n) is 6.93. The maximum atomic E-state index is 12.8. The molecule has 0 atom stereocenters. The molecule has 0 saturated heterocycles. The van der Waals surface area contributed by atoms with E-state index in [-0.39, 0.29) is 23.8 Å². The van der Waals surface area contributed by atoms with E-state index in [1.807, 2.05) is 18.4 Å². The number of nitrogens with one attached hydrogen (secondary N) is 2. The van der Waals surface area contributed by atoms with Gasteiger partial charge >= 0.3 is 0 Å². The summed E-state index contributed by atoms with van der Waals surface area (Å²) in [6, 6.07) is 6.48. The molecule has 124 valence electrons. The number of sulfonamides is 1. The molecule has 2 rings (SSSR count). The zero-order chi connectivity index (χ0) is 16.9. The number of halogens is 1. The van der Waals surface area contributed by atoms with Crippen molar-refractivity contribution in [1.82, 2.24) is 10.0 Å². The maximum Gasteiger partial charge on any atom is 0.240 e. The molecule has 1 amide bonds. The molecule has 2 N–H and O–H groups in total. The summed E-state index contributed by atoms with van der Waals surface area (Å²) in [5, 5.41) is 4.70. The average molecular weight is 356 g/mol. The smallest absolute Gasteiger partial charge is 0.240 e. The van der Waals surface area contributed by atoms with Crippen molar-refractivity contribution < 1.29 is 17.6 Å². The molecular weight excluding hydrogens is 339 g/mol. The summed E-state index contributed by atoms with van der Waals surface area (Å²) in [7, 11) is -3.73. The zero-order valence-electron chi connectivity index (χ0n) is 12.5. The van der Waals surface area contributed by atoms with Crippen LogP contribution in [0.5, 0.6) is 0 Å². The molecule has 0 aliphatic carbocycles. The Morgan fingerprint density at radius 1 is 1.22 bits per heavy atom. The highest BCUT2D eigenvalue weighted by Crippen LogP contribution is 2.14. The van der Waals surface area contributed by atoms with Gasteiger partial charge in [0.25, 0.3) is 0 Å². The van der Waals surface area contributed by atoms with Gasteiger partial charge in [-0.1, -0.05) is 0 Å². The summed E-state index contributed by atoms with van der Waals surface area (Å²) >= 11 is 1.56. The van der Waals surface area contributed by atoms with Crippen LogP contribution in [0.25, 0.3) is 0 Å². The molecule has 0 saturated carbocycles. The van der Waals surface area contributed by atoms with Gasteiger partial charge in [-0.2, -0.15) is 0 Å². The van der Waals surface area contributed by atoms with Gasteiger partial charge in [-0.3, -0.25) is 4.79 Å².